The lowest BCUT2D eigenvalue weighted by atomic mass is 10.3. The van der Waals surface area contributed by atoms with E-state index >= 15 is 0 Å². The van der Waals surface area contributed by atoms with Crippen LogP contribution in [0.1, 0.15) is 5.89 Å². The zero-order valence-electron chi connectivity index (χ0n) is 10.1. The lowest BCUT2D eigenvalue weighted by molar-refractivity contribution is 0.243. The number of pyridine rings is 1. The molecule has 2 heterocycles. The van der Waals surface area contributed by atoms with Gasteiger partial charge in [-0.05, 0) is 24.3 Å². The Bertz CT molecular complexity index is 638. The molecule has 3 rings (SSSR count). The standard InChI is InChI=1S/C14H11N3O2/c1-2-6-11(7-3-1)18-10-13-16-14(17-19-13)12-8-4-5-9-15-12/h1-9H,10H2. The van der Waals surface area contributed by atoms with E-state index < -0.39 is 0 Å². The summed E-state index contributed by atoms with van der Waals surface area (Å²) in [6.45, 7) is 0.240. The van der Waals surface area contributed by atoms with Crippen molar-refractivity contribution < 1.29 is 9.26 Å². The number of ether oxygens (including phenoxy) is 1. The Kier molecular flexibility index (Phi) is 3.18. The van der Waals surface area contributed by atoms with Gasteiger partial charge in [0, 0.05) is 6.20 Å². The Balaban J connectivity index is 1.69. The van der Waals surface area contributed by atoms with E-state index in [1.807, 2.05) is 48.5 Å². The van der Waals surface area contributed by atoms with Gasteiger partial charge in [-0.2, -0.15) is 4.98 Å². The molecule has 0 bridgehead atoms. The van der Waals surface area contributed by atoms with E-state index in [9.17, 15) is 0 Å². The highest BCUT2D eigenvalue weighted by atomic mass is 16.5. The van der Waals surface area contributed by atoms with Crippen LogP contribution in [0, 0.1) is 0 Å². The zero-order valence-corrected chi connectivity index (χ0v) is 10.1. The zero-order chi connectivity index (χ0) is 12.9. The van der Waals surface area contributed by atoms with Gasteiger partial charge >= 0.3 is 0 Å². The van der Waals surface area contributed by atoms with Gasteiger partial charge in [0.2, 0.25) is 5.82 Å². The van der Waals surface area contributed by atoms with Crippen LogP contribution in [0.4, 0.5) is 0 Å². The van der Waals surface area contributed by atoms with Crippen LogP contribution in [0.3, 0.4) is 0 Å². The maximum absolute atomic E-state index is 5.52. The normalized spacial score (nSPS) is 10.3. The maximum atomic E-state index is 5.52. The highest BCUT2D eigenvalue weighted by Gasteiger charge is 2.09. The van der Waals surface area contributed by atoms with Gasteiger partial charge in [0.05, 0.1) is 0 Å². The lowest BCUT2D eigenvalue weighted by Gasteiger charge is -2.00. The second kappa shape index (κ2) is 5.30. The molecule has 0 aliphatic rings. The molecule has 19 heavy (non-hydrogen) atoms. The topological polar surface area (TPSA) is 61.0 Å². The van der Waals surface area contributed by atoms with E-state index in [-0.39, 0.29) is 6.61 Å². The highest BCUT2D eigenvalue weighted by molar-refractivity contribution is 5.46. The molecule has 0 radical (unpaired) electrons. The van der Waals surface area contributed by atoms with Gasteiger partial charge in [-0.25, -0.2) is 0 Å². The van der Waals surface area contributed by atoms with Gasteiger partial charge < -0.3 is 9.26 Å². The van der Waals surface area contributed by atoms with Crippen molar-refractivity contribution in [1.82, 2.24) is 15.1 Å². The third-order valence-corrected chi connectivity index (χ3v) is 2.47. The van der Waals surface area contributed by atoms with Crippen molar-refractivity contribution in [2.45, 2.75) is 6.61 Å². The van der Waals surface area contributed by atoms with Gasteiger partial charge in [0.25, 0.3) is 5.89 Å². The quantitative estimate of drug-likeness (QED) is 0.715. The van der Waals surface area contributed by atoms with Crippen LogP contribution >= 0.6 is 0 Å². The first-order chi connectivity index (χ1) is 9.42. The van der Waals surface area contributed by atoms with E-state index in [2.05, 4.69) is 15.1 Å². The van der Waals surface area contributed by atoms with Gasteiger partial charge in [0.15, 0.2) is 6.61 Å². The summed E-state index contributed by atoms with van der Waals surface area (Å²) in [4.78, 5) is 8.39. The minimum absolute atomic E-state index is 0.240. The van der Waals surface area contributed by atoms with Gasteiger partial charge in [0.1, 0.15) is 11.4 Å². The number of hydrogen-bond donors (Lipinski definition) is 0. The molecule has 0 saturated heterocycles. The van der Waals surface area contributed by atoms with Crippen LogP contribution in [0.15, 0.2) is 59.3 Å². The summed E-state index contributed by atoms with van der Waals surface area (Å²) in [7, 11) is 0. The largest absolute Gasteiger partial charge is 0.484 e. The highest BCUT2D eigenvalue weighted by Crippen LogP contribution is 2.14. The van der Waals surface area contributed by atoms with Crippen LogP contribution in [-0.4, -0.2) is 15.1 Å². The molecule has 0 aliphatic heterocycles. The lowest BCUT2D eigenvalue weighted by Crippen LogP contribution is -1.95. The number of rotatable bonds is 4. The van der Waals surface area contributed by atoms with E-state index in [0.29, 0.717) is 17.4 Å². The summed E-state index contributed by atoms with van der Waals surface area (Å²) < 4.78 is 10.6. The number of aromatic nitrogens is 3. The SMILES string of the molecule is c1ccc(OCc2nc(-c3ccccn3)no2)cc1. The van der Waals surface area contributed by atoms with Crippen molar-refractivity contribution in [3.8, 4) is 17.3 Å². The van der Waals surface area contributed by atoms with Crippen molar-refractivity contribution in [3.05, 3.63) is 60.6 Å². The minimum atomic E-state index is 0.240. The molecule has 0 amide bonds. The number of para-hydroxylation sites is 1. The predicted molar refractivity (Wildman–Crippen MR) is 68.3 cm³/mol. The van der Waals surface area contributed by atoms with Crippen molar-refractivity contribution in [3.63, 3.8) is 0 Å². The van der Waals surface area contributed by atoms with Crippen molar-refractivity contribution in [2.24, 2.45) is 0 Å². The van der Waals surface area contributed by atoms with E-state index in [4.69, 9.17) is 9.26 Å². The average Bonchev–Trinajstić information content (AvgIpc) is 2.96. The molecule has 5 heteroatoms. The fourth-order valence-electron chi connectivity index (χ4n) is 1.57. The van der Waals surface area contributed by atoms with Crippen molar-refractivity contribution in [2.75, 3.05) is 0 Å². The van der Waals surface area contributed by atoms with E-state index in [1.54, 1.807) is 6.20 Å². The molecule has 0 spiro atoms. The molecule has 3 aromatic rings. The van der Waals surface area contributed by atoms with Crippen LogP contribution in [0.2, 0.25) is 0 Å². The number of hydrogen-bond acceptors (Lipinski definition) is 5. The van der Waals surface area contributed by atoms with Crippen LogP contribution < -0.4 is 4.74 Å². The summed E-state index contributed by atoms with van der Waals surface area (Å²) in [5, 5.41) is 3.87. The smallest absolute Gasteiger partial charge is 0.264 e. The summed E-state index contributed by atoms with van der Waals surface area (Å²) in [5.41, 5.74) is 0.678. The van der Waals surface area contributed by atoms with E-state index in [1.165, 1.54) is 0 Å². The number of benzene rings is 1. The molecule has 0 saturated carbocycles. The van der Waals surface area contributed by atoms with Crippen molar-refractivity contribution >= 4 is 0 Å². The summed E-state index contributed by atoms with van der Waals surface area (Å²) >= 11 is 0. The Morgan fingerprint density at radius 2 is 1.84 bits per heavy atom. The molecule has 2 aromatic heterocycles. The third kappa shape index (κ3) is 2.77. The predicted octanol–water partition coefficient (Wildman–Crippen LogP) is 2.71. The fraction of sp³-hybridized carbons (Fsp3) is 0.0714. The Morgan fingerprint density at radius 3 is 2.63 bits per heavy atom. The van der Waals surface area contributed by atoms with Gasteiger partial charge in [-0.3, -0.25) is 4.98 Å². The number of nitrogens with zero attached hydrogens (tertiary/aromatic N) is 3. The molecule has 5 nitrogen and oxygen atoms in total. The summed E-state index contributed by atoms with van der Waals surface area (Å²) in [5.74, 6) is 1.65. The Labute approximate surface area is 109 Å². The molecule has 0 N–H and O–H groups in total. The Hall–Kier alpha value is -2.69. The first-order valence-corrected chi connectivity index (χ1v) is 5.84. The maximum Gasteiger partial charge on any atom is 0.264 e. The van der Waals surface area contributed by atoms with Gasteiger partial charge in [-0.15, -0.1) is 0 Å². The minimum Gasteiger partial charge on any atom is -0.484 e. The molecule has 0 unspecified atom stereocenters. The van der Waals surface area contributed by atoms with Gasteiger partial charge in [-0.1, -0.05) is 29.4 Å². The molecular formula is C14H11N3O2. The summed E-state index contributed by atoms with van der Waals surface area (Å²) in [6.07, 6.45) is 1.69. The molecule has 1 aromatic carbocycles. The molecule has 0 fully saturated rings. The first kappa shape index (κ1) is 11.4. The van der Waals surface area contributed by atoms with Crippen LogP contribution in [0.5, 0.6) is 5.75 Å². The second-order valence-electron chi connectivity index (χ2n) is 3.83. The third-order valence-electron chi connectivity index (χ3n) is 2.47. The molecule has 0 atom stereocenters. The first-order valence-electron chi connectivity index (χ1n) is 5.84. The van der Waals surface area contributed by atoms with Crippen molar-refractivity contribution in [1.29, 1.82) is 0 Å². The average molecular weight is 253 g/mol. The van der Waals surface area contributed by atoms with Crippen LogP contribution in [-0.2, 0) is 6.61 Å². The molecule has 94 valence electrons. The van der Waals surface area contributed by atoms with Crippen LogP contribution in [0.25, 0.3) is 11.5 Å². The molecular weight excluding hydrogens is 242 g/mol. The fourth-order valence-corrected chi connectivity index (χ4v) is 1.57. The molecule has 0 aliphatic carbocycles. The summed E-state index contributed by atoms with van der Waals surface area (Å²) in [6, 6.07) is 15.0. The second-order valence-corrected chi connectivity index (χ2v) is 3.83. The monoisotopic (exact) mass is 253 g/mol. The van der Waals surface area contributed by atoms with E-state index in [0.717, 1.165) is 5.75 Å². The Morgan fingerprint density at radius 1 is 1.00 bits per heavy atom.